The first-order valence-corrected chi connectivity index (χ1v) is 10.7. The van der Waals surface area contributed by atoms with Gasteiger partial charge in [0.15, 0.2) is 0 Å². The second kappa shape index (κ2) is 7.31. The highest BCUT2D eigenvalue weighted by molar-refractivity contribution is 5.71. The first-order valence-electron chi connectivity index (χ1n) is 10.7. The predicted octanol–water partition coefficient (Wildman–Crippen LogP) is 3.58. The summed E-state index contributed by atoms with van der Waals surface area (Å²) in [5, 5.41) is 9.11. The largest absolute Gasteiger partial charge is 0.481 e. The number of hydrogen-bond acceptors (Lipinski definition) is 4. The highest BCUT2D eigenvalue weighted by Gasteiger charge is 2.53. The number of nitrogens with zero attached hydrogens (tertiary/aromatic N) is 2. The molecule has 4 rings (SSSR count). The van der Waals surface area contributed by atoms with E-state index in [9.17, 15) is 9.59 Å². The maximum Gasteiger partial charge on any atom is 0.410 e. The van der Waals surface area contributed by atoms with Gasteiger partial charge in [-0.3, -0.25) is 4.79 Å². The van der Waals surface area contributed by atoms with Crippen molar-refractivity contribution in [1.82, 2.24) is 9.80 Å². The molecule has 0 spiro atoms. The van der Waals surface area contributed by atoms with E-state index in [0.717, 1.165) is 25.8 Å². The van der Waals surface area contributed by atoms with Gasteiger partial charge in [0.2, 0.25) is 0 Å². The van der Waals surface area contributed by atoms with Crippen LogP contribution in [0, 0.1) is 11.3 Å². The molecule has 1 aliphatic heterocycles. The van der Waals surface area contributed by atoms with E-state index < -0.39 is 11.6 Å². The van der Waals surface area contributed by atoms with Crippen LogP contribution in [0.1, 0.15) is 51.5 Å². The number of carboxylic acids is 1. The highest BCUT2D eigenvalue weighted by atomic mass is 16.6. The van der Waals surface area contributed by atoms with Crippen LogP contribution in [0.4, 0.5) is 4.79 Å². The van der Waals surface area contributed by atoms with E-state index in [0.29, 0.717) is 25.6 Å². The Morgan fingerprint density at radius 2 is 1.86 bits per heavy atom. The number of benzene rings is 1. The van der Waals surface area contributed by atoms with Gasteiger partial charge in [0.05, 0.1) is 5.92 Å². The van der Waals surface area contributed by atoms with E-state index >= 15 is 0 Å². The molecule has 1 amide bonds. The number of ether oxygens (including phenoxy) is 1. The van der Waals surface area contributed by atoms with Crippen LogP contribution in [-0.2, 0) is 9.53 Å². The molecule has 1 saturated heterocycles. The van der Waals surface area contributed by atoms with Crippen molar-refractivity contribution in [2.45, 2.75) is 57.6 Å². The van der Waals surface area contributed by atoms with Crippen LogP contribution in [0.2, 0.25) is 0 Å². The lowest BCUT2D eigenvalue weighted by Crippen LogP contribution is -2.53. The molecule has 1 heterocycles. The molecule has 0 radical (unpaired) electrons. The van der Waals surface area contributed by atoms with E-state index in [-0.39, 0.29) is 23.5 Å². The molecule has 1 N–H and O–H groups in total. The standard InChI is InChI=1S/C23H32N2O4/c1-22(2,3)29-21(28)25(19-11-18(19)16-7-5-4-6-8-16)15-23(9-10-23)14-24-12-17(13-24)20(26)27/h4-8,17-19H,9-15H2,1-3H3,(H,26,27)/t18-,19?/m1/s1. The fourth-order valence-electron chi connectivity index (χ4n) is 4.46. The number of rotatable bonds is 7. The number of aliphatic carboxylic acids is 1. The van der Waals surface area contributed by atoms with Crippen molar-refractivity contribution in [3.63, 3.8) is 0 Å². The minimum atomic E-state index is -0.704. The molecule has 2 atom stereocenters. The number of carbonyl (C=O) groups excluding carboxylic acids is 1. The lowest BCUT2D eigenvalue weighted by Gasteiger charge is -2.40. The maximum atomic E-state index is 13.0. The lowest BCUT2D eigenvalue weighted by atomic mass is 9.96. The molecular formula is C23H32N2O4. The smallest absolute Gasteiger partial charge is 0.410 e. The first-order chi connectivity index (χ1) is 13.7. The Labute approximate surface area is 172 Å². The Morgan fingerprint density at radius 3 is 2.41 bits per heavy atom. The summed E-state index contributed by atoms with van der Waals surface area (Å²) in [6.45, 7) is 8.54. The normalized spacial score (nSPS) is 25.8. The van der Waals surface area contributed by atoms with Gasteiger partial charge in [-0.1, -0.05) is 30.3 Å². The fourth-order valence-corrected chi connectivity index (χ4v) is 4.46. The number of carboxylic acid groups (broad SMARTS) is 1. The minimum Gasteiger partial charge on any atom is -0.481 e. The van der Waals surface area contributed by atoms with Crippen molar-refractivity contribution < 1.29 is 19.4 Å². The summed E-state index contributed by atoms with van der Waals surface area (Å²) in [5.41, 5.74) is 0.850. The summed E-state index contributed by atoms with van der Waals surface area (Å²) in [4.78, 5) is 28.3. The zero-order chi connectivity index (χ0) is 20.8. The van der Waals surface area contributed by atoms with Crippen molar-refractivity contribution in [3.8, 4) is 0 Å². The predicted molar refractivity (Wildman–Crippen MR) is 110 cm³/mol. The van der Waals surface area contributed by atoms with Crippen LogP contribution in [0.25, 0.3) is 0 Å². The molecule has 6 heteroatoms. The third-order valence-electron chi connectivity index (χ3n) is 6.34. The number of likely N-dealkylation sites (tertiary alicyclic amines) is 1. The third kappa shape index (κ3) is 4.74. The molecule has 2 saturated carbocycles. The van der Waals surface area contributed by atoms with Crippen LogP contribution < -0.4 is 0 Å². The summed E-state index contributed by atoms with van der Waals surface area (Å²) in [5.74, 6) is -0.566. The third-order valence-corrected chi connectivity index (χ3v) is 6.34. The van der Waals surface area contributed by atoms with Gasteiger partial charge in [-0.2, -0.15) is 0 Å². The second-order valence-electron chi connectivity index (χ2n) is 10.2. The van der Waals surface area contributed by atoms with E-state index in [1.807, 2.05) is 43.9 Å². The number of amides is 1. The van der Waals surface area contributed by atoms with Gasteiger partial charge in [-0.25, -0.2) is 4.79 Å². The van der Waals surface area contributed by atoms with Crippen molar-refractivity contribution in [2.24, 2.45) is 11.3 Å². The molecule has 0 bridgehead atoms. The summed E-state index contributed by atoms with van der Waals surface area (Å²) >= 11 is 0. The van der Waals surface area contributed by atoms with E-state index in [4.69, 9.17) is 9.84 Å². The molecule has 6 nitrogen and oxygen atoms in total. The highest BCUT2D eigenvalue weighted by Crippen LogP contribution is 2.52. The Hall–Kier alpha value is -2.08. The average Bonchev–Trinajstić information content (AvgIpc) is 3.50. The Kier molecular flexibility index (Phi) is 5.09. The van der Waals surface area contributed by atoms with Crippen LogP contribution in [0.3, 0.4) is 0 Å². The van der Waals surface area contributed by atoms with Gasteiger partial charge in [-0.05, 0) is 45.6 Å². The molecule has 158 valence electrons. The number of carbonyl (C=O) groups is 2. The van der Waals surface area contributed by atoms with Crippen molar-refractivity contribution >= 4 is 12.1 Å². The van der Waals surface area contributed by atoms with Crippen molar-refractivity contribution in [1.29, 1.82) is 0 Å². The fraction of sp³-hybridized carbons (Fsp3) is 0.652. The zero-order valence-electron chi connectivity index (χ0n) is 17.6. The SMILES string of the molecule is CC(C)(C)OC(=O)N(CC1(CN2CC(C(=O)O)C2)CC1)C1C[C@@H]1c1ccccc1. The Morgan fingerprint density at radius 1 is 1.21 bits per heavy atom. The quantitative estimate of drug-likeness (QED) is 0.758. The van der Waals surface area contributed by atoms with Gasteiger partial charge >= 0.3 is 12.1 Å². The molecule has 1 aromatic rings. The molecule has 1 aromatic carbocycles. The summed E-state index contributed by atoms with van der Waals surface area (Å²) < 4.78 is 5.75. The molecule has 2 aliphatic carbocycles. The molecule has 29 heavy (non-hydrogen) atoms. The van der Waals surface area contributed by atoms with Gasteiger partial charge in [0.1, 0.15) is 5.60 Å². The number of hydrogen-bond donors (Lipinski definition) is 1. The van der Waals surface area contributed by atoms with Gasteiger partial charge < -0.3 is 19.6 Å². The second-order valence-corrected chi connectivity index (χ2v) is 10.2. The van der Waals surface area contributed by atoms with Crippen LogP contribution in [-0.4, -0.2) is 64.8 Å². The molecule has 1 unspecified atom stereocenters. The van der Waals surface area contributed by atoms with Crippen molar-refractivity contribution in [3.05, 3.63) is 35.9 Å². The molecule has 0 aromatic heterocycles. The summed E-state index contributed by atoms with van der Waals surface area (Å²) in [6, 6.07) is 10.6. The Balaban J connectivity index is 1.42. The van der Waals surface area contributed by atoms with E-state index in [1.54, 1.807) is 0 Å². The van der Waals surface area contributed by atoms with Crippen LogP contribution >= 0.6 is 0 Å². The summed E-state index contributed by atoms with van der Waals surface area (Å²) in [7, 11) is 0. The van der Waals surface area contributed by atoms with Crippen LogP contribution in [0.15, 0.2) is 30.3 Å². The monoisotopic (exact) mass is 400 g/mol. The van der Waals surface area contributed by atoms with E-state index in [2.05, 4.69) is 17.0 Å². The molecule has 3 aliphatic rings. The van der Waals surface area contributed by atoms with E-state index in [1.165, 1.54) is 5.56 Å². The Bertz CT molecular complexity index is 763. The minimum absolute atomic E-state index is 0.0875. The topological polar surface area (TPSA) is 70.1 Å². The van der Waals surface area contributed by atoms with Gasteiger partial charge in [0.25, 0.3) is 0 Å². The van der Waals surface area contributed by atoms with Crippen LogP contribution in [0.5, 0.6) is 0 Å². The van der Waals surface area contributed by atoms with Gasteiger partial charge in [-0.15, -0.1) is 0 Å². The molecular weight excluding hydrogens is 368 g/mol. The first kappa shape index (κ1) is 20.2. The molecule has 3 fully saturated rings. The summed E-state index contributed by atoms with van der Waals surface area (Å²) in [6.07, 6.45) is 2.93. The maximum absolute atomic E-state index is 13.0. The zero-order valence-corrected chi connectivity index (χ0v) is 17.6. The lowest BCUT2D eigenvalue weighted by molar-refractivity contribution is -0.147. The van der Waals surface area contributed by atoms with Gasteiger partial charge in [0, 0.05) is 43.6 Å². The van der Waals surface area contributed by atoms with Crippen molar-refractivity contribution in [2.75, 3.05) is 26.2 Å². The average molecular weight is 401 g/mol.